The third-order valence-corrected chi connectivity index (χ3v) is 4.29. The van der Waals surface area contributed by atoms with Crippen LogP contribution in [0.3, 0.4) is 0 Å². The Bertz CT molecular complexity index is 282. The zero-order valence-corrected chi connectivity index (χ0v) is 11.3. The molecule has 2 fully saturated rings. The topological polar surface area (TPSA) is 49.8 Å². The summed E-state index contributed by atoms with van der Waals surface area (Å²) in [6, 6.07) is 0.654. The lowest BCUT2D eigenvalue weighted by Crippen LogP contribution is -2.46. The quantitative estimate of drug-likeness (QED) is 0.836. The van der Waals surface area contributed by atoms with E-state index in [1.807, 2.05) is 0 Å². The summed E-state index contributed by atoms with van der Waals surface area (Å²) in [5.41, 5.74) is 0. The van der Waals surface area contributed by atoms with Crippen LogP contribution in [0.25, 0.3) is 0 Å². The van der Waals surface area contributed by atoms with Crippen LogP contribution in [-0.4, -0.2) is 47.8 Å². The van der Waals surface area contributed by atoms with Crippen molar-refractivity contribution in [3.8, 4) is 0 Å². The van der Waals surface area contributed by atoms with E-state index in [9.17, 15) is 4.79 Å². The number of ether oxygens (including phenoxy) is 1. The molecule has 104 valence electrons. The molecule has 18 heavy (non-hydrogen) atoms. The third-order valence-electron chi connectivity index (χ3n) is 4.29. The number of nitrogens with zero attached hydrogens (tertiary/aromatic N) is 1. The lowest BCUT2D eigenvalue weighted by atomic mass is 9.90. The standard InChI is InChI=1S/C14H25NO3/c1-11-9-13(6-8-18-11)15-7-2-3-12(10-15)4-5-14(16)17/h11-13H,2-10H2,1H3,(H,16,17). The Kier molecular flexibility index (Phi) is 5.01. The Morgan fingerprint density at radius 3 is 3.00 bits per heavy atom. The highest BCUT2D eigenvalue weighted by atomic mass is 16.5. The van der Waals surface area contributed by atoms with E-state index in [0.29, 0.717) is 24.5 Å². The van der Waals surface area contributed by atoms with Gasteiger partial charge in [-0.05, 0) is 51.5 Å². The summed E-state index contributed by atoms with van der Waals surface area (Å²) in [5.74, 6) is -0.0835. The van der Waals surface area contributed by atoms with Gasteiger partial charge < -0.3 is 9.84 Å². The Morgan fingerprint density at radius 2 is 2.28 bits per heavy atom. The number of carboxylic acid groups (broad SMARTS) is 1. The van der Waals surface area contributed by atoms with Crippen molar-refractivity contribution in [3.63, 3.8) is 0 Å². The minimum Gasteiger partial charge on any atom is -0.481 e. The van der Waals surface area contributed by atoms with Crippen molar-refractivity contribution in [1.82, 2.24) is 4.90 Å². The number of hydrogen-bond donors (Lipinski definition) is 1. The maximum atomic E-state index is 10.6. The lowest BCUT2D eigenvalue weighted by molar-refractivity contribution is -0.137. The van der Waals surface area contributed by atoms with E-state index in [0.717, 1.165) is 32.4 Å². The van der Waals surface area contributed by atoms with Gasteiger partial charge in [0.2, 0.25) is 0 Å². The fourth-order valence-corrected chi connectivity index (χ4v) is 3.30. The van der Waals surface area contributed by atoms with Crippen molar-refractivity contribution in [2.45, 2.75) is 57.6 Å². The van der Waals surface area contributed by atoms with Crippen molar-refractivity contribution in [3.05, 3.63) is 0 Å². The van der Waals surface area contributed by atoms with E-state index in [1.54, 1.807) is 0 Å². The largest absolute Gasteiger partial charge is 0.481 e. The molecular formula is C14H25NO3. The maximum absolute atomic E-state index is 10.6. The van der Waals surface area contributed by atoms with Gasteiger partial charge in [0.15, 0.2) is 0 Å². The summed E-state index contributed by atoms with van der Waals surface area (Å²) < 4.78 is 5.60. The van der Waals surface area contributed by atoms with Gasteiger partial charge in [-0.25, -0.2) is 0 Å². The molecule has 0 saturated carbocycles. The maximum Gasteiger partial charge on any atom is 0.303 e. The first-order valence-electron chi connectivity index (χ1n) is 7.22. The Hall–Kier alpha value is -0.610. The molecular weight excluding hydrogens is 230 g/mol. The van der Waals surface area contributed by atoms with E-state index in [-0.39, 0.29) is 0 Å². The molecule has 2 rings (SSSR count). The molecule has 4 nitrogen and oxygen atoms in total. The zero-order valence-electron chi connectivity index (χ0n) is 11.3. The summed E-state index contributed by atoms with van der Waals surface area (Å²) >= 11 is 0. The smallest absolute Gasteiger partial charge is 0.303 e. The highest BCUT2D eigenvalue weighted by Gasteiger charge is 2.29. The average molecular weight is 255 g/mol. The van der Waals surface area contributed by atoms with Crippen molar-refractivity contribution < 1.29 is 14.6 Å². The molecule has 0 aromatic heterocycles. The van der Waals surface area contributed by atoms with Gasteiger partial charge in [-0.2, -0.15) is 0 Å². The van der Waals surface area contributed by atoms with E-state index in [2.05, 4.69) is 11.8 Å². The van der Waals surface area contributed by atoms with Crippen LogP contribution in [0.5, 0.6) is 0 Å². The molecule has 4 heteroatoms. The van der Waals surface area contributed by atoms with Crippen molar-refractivity contribution in [2.75, 3.05) is 19.7 Å². The van der Waals surface area contributed by atoms with Gasteiger partial charge in [0.05, 0.1) is 6.10 Å². The molecule has 3 atom stereocenters. The number of piperidine rings is 1. The van der Waals surface area contributed by atoms with Crippen molar-refractivity contribution in [2.24, 2.45) is 5.92 Å². The second kappa shape index (κ2) is 6.53. The first-order valence-corrected chi connectivity index (χ1v) is 7.22. The van der Waals surface area contributed by atoms with Crippen LogP contribution in [0.2, 0.25) is 0 Å². The lowest BCUT2D eigenvalue weighted by Gasteiger charge is -2.41. The first-order chi connectivity index (χ1) is 8.65. The van der Waals surface area contributed by atoms with Crippen LogP contribution in [0.1, 0.15) is 45.4 Å². The van der Waals surface area contributed by atoms with E-state index < -0.39 is 5.97 Å². The summed E-state index contributed by atoms with van der Waals surface area (Å²) in [6.07, 6.45) is 6.22. The number of carboxylic acids is 1. The van der Waals surface area contributed by atoms with Gasteiger partial charge >= 0.3 is 5.97 Å². The van der Waals surface area contributed by atoms with E-state index in [1.165, 1.54) is 19.4 Å². The molecule has 0 spiro atoms. The van der Waals surface area contributed by atoms with Crippen LogP contribution >= 0.6 is 0 Å². The summed E-state index contributed by atoms with van der Waals surface area (Å²) in [7, 11) is 0. The summed E-state index contributed by atoms with van der Waals surface area (Å²) in [6.45, 7) is 5.30. The predicted octanol–water partition coefficient (Wildman–Crippen LogP) is 2.13. The summed E-state index contributed by atoms with van der Waals surface area (Å²) in [5, 5.41) is 8.76. The van der Waals surface area contributed by atoms with Crippen LogP contribution in [0.15, 0.2) is 0 Å². The number of likely N-dealkylation sites (tertiary alicyclic amines) is 1. The first kappa shape index (κ1) is 13.8. The highest BCUT2D eigenvalue weighted by Crippen LogP contribution is 2.27. The number of hydrogen-bond acceptors (Lipinski definition) is 3. The van der Waals surface area contributed by atoms with E-state index >= 15 is 0 Å². The van der Waals surface area contributed by atoms with Gasteiger partial charge in [0.1, 0.15) is 0 Å². The van der Waals surface area contributed by atoms with Crippen LogP contribution in [0.4, 0.5) is 0 Å². The summed E-state index contributed by atoms with van der Waals surface area (Å²) in [4.78, 5) is 13.2. The minimum atomic E-state index is -0.660. The van der Waals surface area contributed by atoms with Crippen molar-refractivity contribution >= 4 is 5.97 Å². The second-order valence-corrected chi connectivity index (χ2v) is 5.80. The molecule has 1 N–H and O–H groups in total. The van der Waals surface area contributed by atoms with Crippen molar-refractivity contribution in [1.29, 1.82) is 0 Å². The van der Waals surface area contributed by atoms with Crippen LogP contribution in [0, 0.1) is 5.92 Å². The molecule has 2 aliphatic heterocycles. The highest BCUT2D eigenvalue weighted by molar-refractivity contribution is 5.66. The second-order valence-electron chi connectivity index (χ2n) is 5.80. The molecule has 0 aromatic rings. The molecule has 0 radical (unpaired) electrons. The van der Waals surface area contributed by atoms with Gasteiger partial charge in [0, 0.05) is 25.6 Å². The molecule has 3 unspecified atom stereocenters. The fraction of sp³-hybridized carbons (Fsp3) is 0.929. The van der Waals surface area contributed by atoms with Gasteiger partial charge in [-0.15, -0.1) is 0 Å². The molecule has 0 aliphatic carbocycles. The number of aliphatic carboxylic acids is 1. The number of carbonyl (C=O) groups is 1. The van der Waals surface area contributed by atoms with Gasteiger partial charge in [-0.3, -0.25) is 9.69 Å². The van der Waals surface area contributed by atoms with E-state index in [4.69, 9.17) is 9.84 Å². The van der Waals surface area contributed by atoms with Crippen LogP contribution in [-0.2, 0) is 9.53 Å². The van der Waals surface area contributed by atoms with Crippen LogP contribution < -0.4 is 0 Å². The monoisotopic (exact) mass is 255 g/mol. The molecule has 2 aliphatic rings. The molecule has 0 bridgehead atoms. The minimum absolute atomic E-state index is 0.322. The molecule has 0 amide bonds. The Balaban J connectivity index is 1.80. The Labute approximate surface area is 109 Å². The SMILES string of the molecule is CC1CC(N2CCCC(CCC(=O)O)C2)CCO1. The molecule has 2 heterocycles. The molecule has 0 aromatic carbocycles. The zero-order chi connectivity index (χ0) is 13.0. The Morgan fingerprint density at radius 1 is 1.44 bits per heavy atom. The van der Waals surface area contributed by atoms with Gasteiger partial charge in [-0.1, -0.05) is 0 Å². The number of rotatable bonds is 4. The van der Waals surface area contributed by atoms with Gasteiger partial charge in [0.25, 0.3) is 0 Å². The predicted molar refractivity (Wildman–Crippen MR) is 69.6 cm³/mol. The molecule has 2 saturated heterocycles. The fourth-order valence-electron chi connectivity index (χ4n) is 3.30. The average Bonchev–Trinajstić information content (AvgIpc) is 2.37. The normalized spacial score (nSPS) is 34.4. The third kappa shape index (κ3) is 3.95.